The fourth-order valence-corrected chi connectivity index (χ4v) is 15.1. The minimum Gasteiger partial charge on any atom is -0.493 e. The monoisotopic (exact) mass is 1670 g/mol. The first kappa shape index (κ1) is 89.9. The molecule has 14 N–H and O–H groups in total. The number of aromatic amines is 4. The molecule has 0 unspecified atom stereocenters. The zero-order chi connectivity index (χ0) is 86.0. The summed E-state index contributed by atoms with van der Waals surface area (Å²) in [6, 6.07) is 36.9. The summed E-state index contributed by atoms with van der Waals surface area (Å²) in [5.41, 5.74) is 17.8. The first-order valence-electron chi connectivity index (χ1n) is 43.1. The van der Waals surface area contributed by atoms with Crippen molar-refractivity contribution in [3.05, 3.63) is 240 Å². The van der Waals surface area contributed by atoms with E-state index in [0.717, 1.165) is 228 Å². The highest BCUT2D eigenvalue weighted by Crippen LogP contribution is 2.42. The highest BCUT2D eigenvalue weighted by molar-refractivity contribution is 5.81. The van der Waals surface area contributed by atoms with Crippen LogP contribution in [0.5, 0.6) is 23.0 Å². The first-order valence-corrected chi connectivity index (χ1v) is 43.1. The number of amides is 2. The number of hydrogen-bond donors (Lipinski definition) is 12. The summed E-state index contributed by atoms with van der Waals surface area (Å²) in [4.78, 5) is 137. The molecule has 4 aromatic heterocycles. The van der Waals surface area contributed by atoms with Crippen molar-refractivity contribution in [2.75, 3.05) is 85.3 Å². The van der Waals surface area contributed by atoms with Crippen LogP contribution < -0.4 is 96.5 Å². The number of carbonyl (C=O) groups is 2. The summed E-state index contributed by atoms with van der Waals surface area (Å²) in [7, 11) is 0. The van der Waals surface area contributed by atoms with Gasteiger partial charge in [0.05, 0.1) is 26.4 Å². The van der Waals surface area contributed by atoms with Crippen molar-refractivity contribution in [3.8, 4) is 23.0 Å². The SMILES string of the molecule is CCCOc1c2cccc1Cc1cc(Nc3nc(N)nc(NCCCCCCCCCCNC(=O)[C@@H](Cc4ccccc4)n4c(=O)[nH]c(=O)[nH]c4=O)n3)cc(c1OCCC)Cc1cccc(c1OCCC)Cc1cc(Nc3nc(N)nc(NCCCCCCCCCCNC(=O)[C@@H](Cc4ccccc4)n4c(=O)[nH]c(=O)[nH]c4=O)n3)cc(c1OCCC)C2. The van der Waals surface area contributed by atoms with Gasteiger partial charge >= 0.3 is 34.1 Å². The van der Waals surface area contributed by atoms with E-state index < -0.39 is 58.0 Å². The standard InChI is InChI=1S/C90H116N20O12/c1-5-45-119-73-61-37-31-38-62(73)52-66-56-70(98-84-102-80(92)100-82(104-84)96-44-30-20-16-12-10-14-18-28-42-94-78(112)72(50-60-35-25-22-26-36-60)110-89(117)107-86(114)108-90(110)118)58-68(76(66)122-48-8-4)54-64-40-32-39-63(74(64)120-46-6-2)53-67-57-69(55-65(51-61)75(67)121-47-7-3)97-83-101-79(91)99-81(103-83)95-43-29-19-15-11-9-13-17-27-41-93-77(111)71(49-59-33-23-21-24-34-59)109-87(115)105-85(113)106-88(109)116/h21-26,31-40,55-58,71-72H,5-20,27-30,41-54H2,1-4H3,(H,93,111)(H,94,112)(H2,105,106,113,115,116)(H2,107,108,114,117,118)(H4,91,95,97,99,101,103)(H4,92,96,98,100,102,104)/t71-,72-/m1/s1. The molecule has 0 radical (unpaired) electrons. The van der Waals surface area contributed by atoms with Gasteiger partial charge < -0.3 is 62.3 Å². The molecule has 122 heavy (non-hydrogen) atoms. The number of nitrogens with two attached hydrogens (primary N) is 2. The molecule has 6 aromatic carbocycles. The van der Waals surface area contributed by atoms with Crippen LogP contribution in [-0.4, -0.2) is 123 Å². The molecule has 11 rings (SSSR count). The Balaban J connectivity index is 0.728. The highest BCUT2D eigenvalue weighted by Gasteiger charge is 2.29. The fourth-order valence-electron chi connectivity index (χ4n) is 15.1. The molecule has 0 aliphatic heterocycles. The molecule has 0 saturated carbocycles. The number of nitrogens with zero attached hydrogens (tertiary/aromatic N) is 8. The lowest BCUT2D eigenvalue weighted by Crippen LogP contribution is -2.49. The van der Waals surface area contributed by atoms with Gasteiger partial charge in [-0.3, -0.25) is 29.5 Å². The van der Waals surface area contributed by atoms with Gasteiger partial charge in [0.25, 0.3) is 0 Å². The van der Waals surface area contributed by atoms with E-state index in [0.29, 0.717) is 90.2 Å². The Hall–Kier alpha value is -12.9. The van der Waals surface area contributed by atoms with Gasteiger partial charge in [-0.25, -0.2) is 37.9 Å². The van der Waals surface area contributed by atoms with Crippen LogP contribution in [0.15, 0.2) is 150 Å². The van der Waals surface area contributed by atoms with Gasteiger partial charge in [0.15, 0.2) is 0 Å². The fraction of sp³-hybridized carbons (Fsp3) is 0.444. The smallest absolute Gasteiger partial charge is 0.334 e. The number of carbonyl (C=O) groups excluding carboxylic acids is 2. The van der Waals surface area contributed by atoms with Crippen LogP contribution >= 0.6 is 0 Å². The number of nitrogen functional groups attached to an aromatic ring is 2. The maximum absolute atomic E-state index is 13.5. The number of nitrogens with one attached hydrogen (secondary N) is 10. The molecule has 2 amide bonds. The molecule has 0 spiro atoms. The van der Waals surface area contributed by atoms with Crippen molar-refractivity contribution < 1.29 is 28.5 Å². The Morgan fingerprint density at radius 2 is 0.639 bits per heavy atom. The predicted octanol–water partition coefficient (Wildman–Crippen LogP) is 11.9. The summed E-state index contributed by atoms with van der Waals surface area (Å²) < 4.78 is 29.1. The number of para-hydroxylation sites is 2. The lowest BCUT2D eigenvalue weighted by molar-refractivity contribution is -0.125. The third-order valence-corrected chi connectivity index (χ3v) is 20.9. The van der Waals surface area contributed by atoms with E-state index in [2.05, 4.69) is 160 Å². The summed E-state index contributed by atoms with van der Waals surface area (Å²) >= 11 is 0. The number of fused-ring (bicyclic) bond motifs is 8. The van der Waals surface area contributed by atoms with Gasteiger partial charge in [0.2, 0.25) is 47.5 Å². The Labute approximate surface area is 708 Å². The Kier molecular flexibility index (Phi) is 34.3. The molecular weight excluding hydrogens is 1550 g/mol. The van der Waals surface area contributed by atoms with Gasteiger partial charge in [-0.2, -0.15) is 29.9 Å². The van der Waals surface area contributed by atoms with Crippen LogP contribution in [0.4, 0.5) is 47.1 Å². The van der Waals surface area contributed by atoms with Crippen LogP contribution in [0, 0.1) is 0 Å². The van der Waals surface area contributed by atoms with E-state index in [-0.39, 0.29) is 36.6 Å². The van der Waals surface area contributed by atoms with E-state index in [1.54, 1.807) is 0 Å². The highest BCUT2D eigenvalue weighted by atomic mass is 16.5. The van der Waals surface area contributed by atoms with Gasteiger partial charge in [-0.1, -0.05) is 202 Å². The zero-order valence-electron chi connectivity index (χ0n) is 70.4. The average molecular weight is 1670 g/mol. The minimum atomic E-state index is -1.15. The summed E-state index contributed by atoms with van der Waals surface area (Å²) in [5, 5.41) is 19.6. The Morgan fingerprint density at radius 3 is 0.943 bits per heavy atom. The molecule has 10 aromatic rings. The average Bonchev–Trinajstić information content (AvgIpc) is 0.763. The second-order valence-electron chi connectivity index (χ2n) is 30.7. The molecular formula is C90H116N20O12. The summed E-state index contributed by atoms with van der Waals surface area (Å²) in [6.07, 6.45) is 20.1. The van der Waals surface area contributed by atoms with E-state index in [4.69, 9.17) is 40.4 Å². The second-order valence-corrected chi connectivity index (χ2v) is 30.7. The largest absolute Gasteiger partial charge is 0.493 e. The molecule has 8 bridgehead atoms. The van der Waals surface area contributed by atoms with Crippen molar-refractivity contribution in [1.82, 2.24) is 69.6 Å². The van der Waals surface area contributed by atoms with Crippen molar-refractivity contribution >= 4 is 58.9 Å². The molecule has 2 atom stereocenters. The number of hydrogen-bond acceptors (Lipinski definition) is 24. The molecule has 648 valence electrons. The quantitative estimate of drug-likeness (QED) is 0.0158. The van der Waals surface area contributed by atoms with Crippen LogP contribution in [0.25, 0.3) is 0 Å². The van der Waals surface area contributed by atoms with Gasteiger partial charge in [0, 0.05) is 98.3 Å². The molecule has 0 fully saturated rings. The first-order chi connectivity index (χ1) is 59.4. The molecule has 1 aliphatic rings. The molecule has 0 saturated heterocycles. The van der Waals surface area contributed by atoms with Crippen LogP contribution in [-0.2, 0) is 48.1 Å². The van der Waals surface area contributed by atoms with Crippen LogP contribution in [0.1, 0.15) is 224 Å². The number of rotatable bonds is 48. The van der Waals surface area contributed by atoms with Crippen molar-refractivity contribution in [3.63, 3.8) is 0 Å². The van der Waals surface area contributed by atoms with Gasteiger partial charge in [-0.15, -0.1) is 0 Å². The van der Waals surface area contributed by atoms with Crippen molar-refractivity contribution in [1.29, 1.82) is 0 Å². The zero-order valence-corrected chi connectivity index (χ0v) is 70.4. The van der Waals surface area contributed by atoms with E-state index >= 15 is 0 Å². The second kappa shape index (κ2) is 46.6. The molecule has 32 nitrogen and oxygen atoms in total. The number of aromatic nitrogens is 12. The van der Waals surface area contributed by atoms with Crippen LogP contribution in [0.3, 0.4) is 0 Å². The third-order valence-electron chi connectivity index (χ3n) is 20.9. The Morgan fingerprint density at radius 1 is 0.361 bits per heavy atom. The number of anilines is 8. The normalized spacial score (nSPS) is 12.2. The number of benzene rings is 6. The van der Waals surface area contributed by atoms with Gasteiger partial charge in [0.1, 0.15) is 35.1 Å². The predicted molar refractivity (Wildman–Crippen MR) is 474 cm³/mol. The minimum absolute atomic E-state index is 0.0567. The topological polar surface area (TPSA) is 448 Å². The van der Waals surface area contributed by atoms with Crippen molar-refractivity contribution in [2.45, 2.75) is 207 Å². The van der Waals surface area contributed by atoms with E-state index in [9.17, 15) is 38.4 Å². The number of H-pyrrole nitrogens is 4. The maximum atomic E-state index is 13.5. The van der Waals surface area contributed by atoms with Crippen LogP contribution in [0.2, 0.25) is 0 Å². The van der Waals surface area contributed by atoms with Gasteiger partial charge in [-0.05, 0) is 109 Å². The lowest BCUT2D eigenvalue weighted by Gasteiger charge is -2.24. The summed E-state index contributed by atoms with van der Waals surface area (Å²) in [6.45, 7) is 12.3. The number of unbranched alkanes of at least 4 members (excludes halogenated alkanes) is 14. The number of ether oxygens (including phenoxy) is 4. The third kappa shape index (κ3) is 26.5. The van der Waals surface area contributed by atoms with Crippen molar-refractivity contribution in [2.24, 2.45) is 0 Å². The lowest BCUT2D eigenvalue weighted by atomic mass is 9.90. The summed E-state index contributed by atoms with van der Waals surface area (Å²) in [5.74, 6) is 3.48. The Bertz CT molecular complexity index is 4970. The van der Waals surface area contributed by atoms with E-state index in [1.807, 2.05) is 60.7 Å². The molecule has 32 heteroatoms. The molecule has 1 aliphatic carbocycles. The maximum Gasteiger partial charge on any atom is 0.334 e. The molecule has 4 heterocycles. The van der Waals surface area contributed by atoms with E-state index in [1.165, 1.54) is 0 Å².